The van der Waals surface area contributed by atoms with Crippen molar-refractivity contribution >= 4 is 18.3 Å². The molecule has 130 valence electrons. The van der Waals surface area contributed by atoms with E-state index in [4.69, 9.17) is 5.73 Å². The number of likely N-dealkylation sites (tertiary alicyclic amines) is 1. The summed E-state index contributed by atoms with van der Waals surface area (Å²) in [5, 5.41) is 2.91. The third-order valence-electron chi connectivity index (χ3n) is 4.32. The van der Waals surface area contributed by atoms with E-state index in [2.05, 4.69) is 42.3 Å². The van der Waals surface area contributed by atoms with Gasteiger partial charge in [-0.2, -0.15) is 0 Å². The molecule has 0 bridgehead atoms. The molecule has 1 fully saturated rings. The zero-order valence-electron chi connectivity index (χ0n) is 14.4. The van der Waals surface area contributed by atoms with Gasteiger partial charge in [-0.25, -0.2) is 0 Å². The lowest BCUT2D eigenvalue weighted by Gasteiger charge is -2.35. The largest absolute Gasteiger partial charge is 0.351 e. The number of nitrogens with zero attached hydrogens (tertiary/aromatic N) is 1. The molecule has 1 aliphatic heterocycles. The Kier molecular flexibility index (Phi) is 8.03. The molecule has 23 heavy (non-hydrogen) atoms. The van der Waals surface area contributed by atoms with Gasteiger partial charge in [0.05, 0.1) is 6.04 Å². The molecule has 1 aliphatic rings. The highest BCUT2D eigenvalue weighted by Crippen LogP contribution is 2.23. The number of benzene rings is 1. The molecule has 3 unspecified atom stereocenters. The van der Waals surface area contributed by atoms with Crippen LogP contribution in [0.2, 0.25) is 0 Å². The van der Waals surface area contributed by atoms with Crippen LogP contribution in [0.1, 0.15) is 38.3 Å². The maximum absolute atomic E-state index is 11.7. The maximum Gasteiger partial charge on any atom is 0.236 e. The Morgan fingerprint density at radius 3 is 2.39 bits per heavy atom. The summed E-state index contributed by atoms with van der Waals surface area (Å²) >= 11 is 0. The molecule has 0 spiro atoms. The molecular weight excluding hydrogens is 310 g/mol. The highest BCUT2D eigenvalue weighted by Gasteiger charge is 2.22. The van der Waals surface area contributed by atoms with Gasteiger partial charge in [0.2, 0.25) is 5.91 Å². The van der Waals surface area contributed by atoms with Crippen molar-refractivity contribution in [3.8, 4) is 0 Å². The summed E-state index contributed by atoms with van der Waals surface area (Å²) in [4.78, 5) is 14.2. The van der Waals surface area contributed by atoms with Crippen LogP contribution in [0.5, 0.6) is 0 Å². The minimum atomic E-state index is -0.462. The van der Waals surface area contributed by atoms with E-state index in [-0.39, 0.29) is 18.3 Å². The standard InChI is InChI=1S/C18H29N3O.ClH/c1-13-8-14(2)11-21(10-13)12-17-7-5-4-6-16(17)9-20-18(22)15(3)19;/h4-7,13-15H,8-12,19H2,1-3H3,(H,20,22);1H. The summed E-state index contributed by atoms with van der Waals surface area (Å²) in [5.74, 6) is 1.41. The average Bonchev–Trinajstić information content (AvgIpc) is 2.44. The lowest BCUT2D eigenvalue weighted by molar-refractivity contribution is -0.122. The number of amides is 1. The van der Waals surface area contributed by atoms with Gasteiger partial charge in [-0.1, -0.05) is 38.1 Å². The third kappa shape index (κ3) is 6.13. The van der Waals surface area contributed by atoms with Gasteiger partial charge >= 0.3 is 0 Å². The molecule has 0 saturated carbocycles. The Balaban J connectivity index is 0.00000264. The SMILES string of the molecule is CC1CC(C)CN(Cc2ccccc2CNC(=O)C(C)N)C1.Cl. The van der Waals surface area contributed by atoms with E-state index < -0.39 is 6.04 Å². The fourth-order valence-corrected chi connectivity index (χ4v) is 3.39. The Hall–Kier alpha value is -1.10. The average molecular weight is 340 g/mol. The highest BCUT2D eigenvalue weighted by molar-refractivity contribution is 5.85. The summed E-state index contributed by atoms with van der Waals surface area (Å²) < 4.78 is 0. The lowest BCUT2D eigenvalue weighted by Crippen LogP contribution is -2.39. The molecule has 1 aromatic carbocycles. The molecule has 1 aromatic rings. The molecule has 1 heterocycles. The van der Waals surface area contributed by atoms with Crippen LogP contribution in [-0.2, 0) is 17.9 Å². The van der Waals surface area contributed by atoms with Crippen molar-refractivity contribution in [2.75, 3.05) is 13.1 Å². The molecule has 3 N–H and O–H groups in total. The highest BCUT2D eigenvalue weighted by atomic mass is 35.5. The minimum absolute atomic E-state index is 0. The molecular formula is C18H30ClN3O. The second-order valence-electron chi connectivity index (χ2n) is 6.92. The fourth-order valence-electron chi connectivity index (χ4n) is 3.39. The number of carbonyl (C=O) groups excluding carboxylic acids is 1. The zero-order valence-corrected chi connectivity index (χ0v) is 15.2. The Labute approximate surface area is 146 Å². The topological polar surface area (TPSA) is 58.4 Å². The van der Waals surface area contributed by atoms with Crippen molar-refractivity contribution < 1.29 is 4.79 Å². The van der Waals surface area contributed by atoms with Crippen molar-refractivity contribution in [1.29, 1.82) is 0 Å². The van der Waals surface area contributed by atoms with Crippen molar-refractivity contribution in [3.05, 3.63) is 35.4 Å². The van der Waals surface area contributed by atoms with Gasteiger partial charge in [-0.15, -0.1) is 12.4 Å². The molecule has 0 radical (unpaired) electrons. The Morgan fingerprint density at radius 1 is 1.26 bits per heavy atom. The molecule has 0 aliphatic carbocycles. The Morgan fingerprint density at radius 2 is 1.83 bits per heavy atom. The van der Waals surface area contributed by atoms with Gasteiger partial charge in [-0.05, 0) is 36.3 Å². The van der Waals surface area contributed by atoms with Crippen molar-refractivity contribution in [2.24, 2.45) is 17.6 Å². The fraction of sp³-hybridized carbons (Fsp3) is 0.611. The van der Waals surface area contributed by atoms with Crippen LogP contribution in [0.3, 0.4) is 0 Å². The van der Waals surface area contributed by atoms with Crippen LogP contribution in [-0.4, -0.2) is 29.9 Å². The normalized spacial score (nSPS) is 23.0. The van der Waals surface area contributed by atoms with Crippen LogP contribution in [0.4, 0.5) is 0 Å². The van der Waals surface area contributed by atoms with Crippen molar-refractivity contribution in [2.45, 2.75) is 46.3 Å². The monoisotopic (exact) mass is 339 g/mol. The second kappa shape index (κ2) is 9.26. The van der Waals surface area contributed by atoms with E-state index in [9.17, 15) is 4.79 Å². The number of halogens is 1. The minimum Gasteiger partial charge on any atom is -0.351 e. The van der Waals surface area contributed by atoms with Crippen LogP contribution in [0.25, 0.3) is 0 Å². The smallest absolute Gasteiger partial charge is 0.236 e. The predicted octanol–water partition coefficient (Wildman–Crippen LogP) is 2.55. The quantitative estimate of drug-likeness (QED) is 0.866. The molecule has 1 saturated heterocycles. The first-order chi connectivity index (χ1) is 10.5. The predicted molar refractivity (Wildman–Crippen MR) is 97.4 cm³/mol. The van der Waals surface area contributed by atoms with E-state index in [1.54, 1.807) is 6.92 Å². The van der Waals surface area contributed by atoms with Gasteiger partial charge in [0.15, 0.2) is 0 Å². The van der Waals surface area contributed by atoms with Gasteiger partial charge in [0.25, 0.3) is 0 Å². The number of piperidine rings is 1. The van der Waals surface area contributed by atoms with E-state index in [1.807, 2.05) is 6.07 Å². The molecule has 1 amide bonds. The summed E-state index contributed by atoms with van der Waals surface area (Å²) in [5.41, 5.74) is 8.08. The molecule has 2 rings (SSSR count). The van der Waals surface area contributed by atoms with E-state index in [0.717, 1.165) is 31.5 Å². The number of rotatable bonds is 5. The first-order valence-electron chi connectivity index (χ1n) is 8.28. The number of nitrogens with two attached hydrogens (primary N) is 1. The number of hydrogen-bond acceptors (Lipinski definition) is 3. The maximum atomic E-state index is 11.7. The van der Waals surface area contributed by atoms with Crippen LogP contribution >= 0.6 is 12.4 Å². The van der Waals surface area contributed by atoms with Crippen molar-refractivity contribution in [1.82, 2.24) is 10.2 Å². The molecule has 3 atom stereocenters. The molecule has 0 aromatic heterocycles. The first kappa shape index (κ1) is 19.9. The number of carbonyl (C=O) groups is 1. The van der Waals surface area contributed by atoms with E-state index in [0.29, 0.717) is 6.54 Å². The number of hydrogen-bond donors (Lipinski definition) is 2. The summed E-state index contributed by atoms with van der Waals surface area (Å²) in [6, 6.07) is 7.89. The van der Waals surface area contributed by atoms with E-state index >= 15 is 0 Å². The number of nitrogens with one attached hydrogen (secondary N) is 1. The third-order valence-corrected chi connectivity index (χ3v) is 4.32. The van der Waals surface area contributed by atoms with Crippen LogP contribution < -0.4 is 11.1 Å². The van der Waals surface area contributed by atoms with Crippen LogP contribution in [0.15, 0.2) is 24.3 Å². The Bertz CT molecular complexity index is 497. The van der Waals surface area contributed by atoms with Gasteiger partial charge in [-0.3, -0.25) is 9.69 Å². The second-order valence-corrected chi connectivity index (χ2v) is 6.92. The van der Waals surface area contributed by atoms with Gasteiger partial charge < -0.3 is 11.1 Å². The van der Waals surface area contributed by atoms with Crippen LogP contribution in [0, 0.1) is 11.8 Å². The van der Waals surface area contributed by atoms with Crippen molar-refractivity contribution in [3.63, 3.8) is 0 Å². The summed E-state index contributed by atoms with van der Waals surface area (Å²) in [6.07, 6.45) is 1.32. The van der Waals surface area contributed by atoms with E-state index in [1.165, 1.54) is 17.5 Å². The van der Waals surface area contributed by atoms with Gasteiger partial charge in [0, 0.05) is 26.2 Å². The first-order valence-corrected chi connectivity index (χ1v) is 8.28. The van der Waals surface area contributed by atoms with Gasteiger partial charge in [0.1, 0.15) is 0 Å². The lowest BCUT2D eigenvalue weighted by atomic mass is 9.91. The molecule has 5 heteroatoms. The molecule has 4 nitrogen and oxygen atoms in total. The summed E-state index contributed by atoms with van der Waals surface area (Å²) in [6.45, 7) is 10.2. The summed E-state index contributed by atoms with van der Waals surface area (Å²) in [7, 11) is 0. The zero-order chi connectivity index (χ0) is 16.1.